The van der Waals surface area contributed by atoms with Gasteiger partial charge in [0.15, 0.2) is 0 Å². The van der Waals surface area contributed by atoms with Crippen molar-refractivity contribution in [3.05, 3.63) is 71.4 Å². The van der Waals surface area contributed by atoms with Crippen LogP contribution in [0, 0.1) is 0 Å². The summed E-state index contributed by atoms with van der Waals surface area (Å²) in [6.07, 6.45) is 4.88. The smallest absolute Gasteiger partial charge is 0.267 e. The van der Waals surface area contributed by atoms with Crippen LogP contribution in [0.15, 0.2) is 65.8 Å². The number of pyridine rings is 2. The second-order valence-electron chi connectivity index (χ2n) is 5.12. The van der Waals surface area contributed by atoms with E-state index in [0.717, 1.165) is 10.2 Å². The average Bonchev–Trinajstić information content (AvgIpc) is 2.63. The Kier molecular flexibility index (Phi) is 4.42. The van der Waals surface area contributed by atoms with Crippen molar-refractivity contribution in [2.75, 3.05) is 5.32 Å². The topological polar surface area (TPSA) is 89.8 Å². The summed E-state index contributed by atoms with van der Waals surface area (Å²) in [6.45, 7) is 1.61. The average molecular weight is 321 g/mol. The van der Waals surface area contributed by atoms with Gasteiger partial charge in [-0.05, 0) is 37.3 Å². The van der Waals surface area contributed by atoms with E-state index < -0.39 is 6.04 Å². The summed E-state index contributed by atoms with van der Waals surface area (Å²) in [5.41, 5.74) is 0.982. The predicted octanol–water partition coefficient (Wildman–Crippen LogP) is 1.90. The molecule has 1 atom stereocenters. The zero-order valence-electron chi connectivity index (χ0n) is 13.0. The number of hydrogen-bond acceptors (Lipinski definition) is 5. The third-order valence-corrected chi connectivity index (χ3v) is 3.44. The van der Waals surface area contributed by atoms with Crippen LogP contribution in [0.25, 0.3) is 11.3 Å². The molecule has 0 bridgehead atoms. The van der Waals surface area contributed by atoms with E-state index >= 15 is 0 Å². The summed E-state index contributed by atoms with van der Waals surface area (Å²) in [5, 5.41) is 6.95. The summed E-state index contributed by atoms with van der Waals surface area (Å²) in [5.74, 6) is 0.0532. The third-order valence-electron chi connectivity index (χ3n) is 3.44. The number of rotatable bonds is 4. The number of anilines is 1. The summed E-state index contributed by atoms with van der Waals surface area (Å²) < 4.78 is 1.15. The van der Waals surface area contributed by atoms with Gasteiger partial charge in [-0.3, -0.25) is 14.6 Å². The molecule has 0 aliphatic rings. The van der Waals surface area contributed by atoms with E-state index in [1.807, 2.05) is 6.07 Å². The molecule has 120 valence electrons. The Morgan fingerprint density at radius 1 is 1.12 bits per heavy atom. The molecule has 3 rings (SSSR count). The van der Waals surface area contributed by atoms with Crippen molar-refractivity contribution < 1.29 is 4.79 Å². The van der Waals surface area contributed by atoms with Crippen LogP contribution in [-0.4, -0.2) is 25.7 Å². The fourth-order valence-electron chi connectivity index (χ4n) is 2.15. The first-order chi connectivity index (χ1) is 11.6. The molecule has 7 nitrogen and oxygen atoms in total. The minimum absolute atomic E-state index is 0.355. The van der Waals surface area contributed by atoms with Gasteiger partial charge in [0.05, 0.1) is 5.69 Å². The van der Waals surface area contributed by atoms with Crippen LogP contribution in [0.1, 0.15) is 13.0 Å². The van der Waals surface area contributed by atoms with Crippen LogP contribution in [0.5, 0.6) is 0 Å². The third kappa shape index (κ3) is 3.35. The zero-order valence-corrected chi connectivity index (χ0v) is 13.0. The van der Waals surface area contributed by atoms with Gasteiger partial charge in [-0.25, -0.2) is 9.67 Å². The van der Waals surface area contributed by atoms with E-state index in [1.54, 1.807) is 55.8 Å². The van der Waals surface area contributed by atoms with E-state index in [4.69, 9.17) is 0 Å². The molecule has 0 aliphatic heterocycles. The number of nitrogens with one attached hydrogen (secondary N) is 1. The number of carbonyl (C=O) groups excluding carboxylic acids is 1. The van der Waals surface area contributed by atoms with Crippen LogP contribution < -0.4 is 10.9 Å². The van der Waals surface area contributed by atoms with Gasteiger partial charge in [-0.15, -0.1) is 0 Å². The fourth-order valence-corrected chi connectivity index (χ4v) is 2.15. The highest BCUT2D eigenvalue weighted by atomic mass is 16.2. The molecule has 0 saturated carbocycles. The molecule has 0 radical (unpaired) electrons. The van der Waals surface area contributed by atoms with Crippen LogP contribution in [-0.2, 0) is 4.79 Å². The summed E-state index contributed by atoms with van der Waals surface area (Å²) in [7, 11) is 0. The Bertz CT molecular complexity index is 894. The van der Waals surface area contributed by atoms with Crippen molar-refractivity contribution in [3.8, 4) is 11.3 Å². The normalized spacial score (nSPS) is 11.7. The Morgan fingerprint density at radius 3 is 2.71 bits per heavy atom. The molecule has 1 N–H and O–H groups in total. The van der Waals surface area contributed by atoms with E-state index in [2.05, 4.69) is 20.4 Å². The van der Waals surface area contributed by atoms with Gasteiger partial charge >= 0.3 is 0 Å². The molecule has 3 aromatic rings. The van der Waals surface area contributed by atoms with Crippen molar-refractivity contribution in [3.63, 3.8) is 0 Å². The van der Waals surface area contributed by atoms with Crippen LogP contribution >= 0.6 is 0 Å². The van der Waals surface area contributed by atoms with E-state index in [-0.39, 0.29) is 11.5 Å². The molecular weight excluding hydrogens is 306 g/mol. The predicted molar refractivity (Wildman–Crippen MR) is 89.3 cm³/mol. The highest BCUT2D eigenvalue weighted by Crippen LogP contribution is 2.14. The molecule has 0 aromatic carbocycles. The monoisotopic (exact) mass is 321 g/mol. The summed E-state index contributed by atoms with van der Waals surface area (Å²) in [6, 6.07) is 11.0. The minimum Gasteiger partial charge on any atom is -0.309 e. The number of nitrogens with zero attached hydrogens (tertiary/aromatic N) is 4. The summed E-state index contributed by atoms with van der Waals surface area (Å²) >= 11 is 0. The molecule has 7 heteroatoms. The lowest BCUT2D eigenvalue weighted by molar-refractivity contribution is -0.119. The number of amides is 1. The van der Waals surface area contributed by atoms with Crippen molar-refractivity contribution in [1.29, 1.82) is 0 Å². The molecule has 0 saturated heterocycles. The lowest BCUT2D eigenvalue weighted by atomic mass is 10.2. The first-order valence-electron chi connectivity index (χ1n) is 7.37. The Balaban J connectivity index is 1.88. The first kappa shape index (κ1) is 15.5. The molecule has 0 aliphatic carbocycles. The maximum absolute atomic E-state index is 12.3. The lowest BCUT2D eigenvalue weighted by Crippen LogP contribution is -2.33. The van der Waals surface area contributed by atoms with Gasteiger partial charge in [0.1, 0.15) is 11.9 Å². The van der Waals surface area contributed by atoms with Crippen LogP contribution in [0.2, 0.25) is 0 Å². The molecular formula is C17H15N5O2. The van der Waals surface area contributed by atoms with Gasteiger partial charge in [0.2, 0.25) is 5.91 Å². The number of carbonyl (C=O) groups is 1. The minimum atomic E-state index is -0.781. The fraction of sp³-hybridized carbons (Fsp3) is 0.118. The lowest BCUT2D eigenvalue weighted by Gasteiger charge is -2.14. The van der Waals surface area contributed by atoms with Crippen molar-refractivity contribution in [2.24, 2.45) is 0 Å². The molecule has 0 spiro atoms. The zero-order chi connectivity index (χ0) is 16.9. The largest absolute Gasteiger partial charge is 0.309 e. The van der Waals surface area contributed by atoms with Gasteiger partial charge < -0.3 is 5.32 Å². The maximum Gasteiger partial charge on any atom is 0.267 e. The van der Waals surface area contributed by atoms with Gasteiger partial charge in [-0.1, -0.05) is 6.07 Å². The molecule has 0 fully saturated rings. The standard InChI is InChI=1S/C17H15N5O2/c1-12(17(24)20-15-6-2-3-10-19-15)22-16(23)8-7-14(21-22)13-5-4-9-18-11-13/h2-12H,1H3,(H,19,20,24). The van der Waals surface area contributed by atoms with E-state index in [0.29, 0.717) is 11.5 Å². The molecule has 1 amide bonds. The van der Waals surface area contributed by atoms with E-state index in [9.17, 15) is 9.59 Å². The number of hydrogen-bond donors (Lipinski definition) is 1. The van der Waals surface area contributed by atoms with Crippen LogP contribution in [0.4, 0.5) is 5.82 Å². The molecule has 1 unspecified atom stereocenters. The van der Waals surface area contributed by atoms with Crippen molar-refractivity contribution in [1.82, 2.24) is 19.7 Å². The summed E-state index contributed by atoms with van der Waals surface area (Å²) in [4.78, 5) is 32.5. The second kappa shape index (κ2) is 6.82. The highest BCUT2D eigenvalue weighted by Gasteiger charge is 2.18. The van der Waals surface area contributed by atoms with Crippen molar-refractivity contribution >= 4 is 11.7 Å². The highest BCUT2D eigenvalue weighted by molar-refractivity contribution is 5.92. The van der Waals surface area contributed by atoms with Gasteiger partial charge in [0.25, 0.3) is 5.56 Å². The van der Waals surface area contributed by atoms with E-state index in [1.165, 1.54) is 6.07 Å². The number of aromatic nitrogens is 4. The van der Waals surface area contributed by atoms with Gasteiger partial charge in [-0.2, -0.15) is 5.10 Å². The molecule has 3 aromatic heterocycles. The second-order valence-corrected chi connectivity index (χ2v) is 5.12. The Labute approximate surface area is 138 Å². The van der Waals surface area contributed by atoms with Crippen LogP contribution in [0.3, 0.4) is 0 Å². The Morgan fingerprint density at radius 2 is 2.00 bits per heavy atom. The quantitative estimate of drug-likeness (QED) is 0.792. The molecule has 3 heterocycles. The molecule has 24 heavy (non-hydrogen) atoms. The first-order valence-corrected chi connectivity index (χ1v) is 7.37. The Hall–Kier alpha value is -3.35. The maximum atomic E-state index is 12.3. The SMILES string of the molecule is CC(C(=O)Nc1ccccn1)n1nc(-c2cccnc2)ccc1=O. The van der Waals surface area contributed by atoms with Gasteiger partial charge in [0, 0.05) is 30.2 Å². The van der Waals surface area contributed by atoms with Crippen molar-refractivity contribution in [2.45, 2.75) is 13.0 Å².